The highest BCUT2D eigenvalue weighted by atomic mass is 35.5. The second-order valence-electron chi connectivity index (χ2n) is 8.54. The summed E-state index contributed by atoms with van der Waals surface area (Å²) in [5.74, 6) is -1.60. The van der Waals surface area contributed by atoms with Gasteiger partial charge in [-0.25, -0.2) is 14.4 Å². The van der Waals surface area contributed by atoms with E-state index in [4.69, 9.17) is 21.1 Å². The van der Waals surface area contributed by atoms with Crippen LogP contribution in [0, 0.1) is 17.7 Å². The first kappa shape index (κ1) is 23.4. The van der Waals surface area contributed by atoms with Gasteiger partial charge in [-0.15, -0.1) is 0 Å². The van der Waals surface area contributed by atoms with Gasteiger partial charge < -0.3 is 19.7 Å². The molecule has 2 aliphatic rings. The third-order valence-corrected chi connectivity index (χ3v) is 6.63. The van der Waals surface area contributed by atoms with Crippen molar-refractivity contribution < 1.29 is 31.8 Å². The van der Waals surface area contributed by atoms with Gasteiger partial charge in [0.05, 0.1) is 17.6 Å². The van der Waals surface area contributed by atoms with Crippen molar-refractivity contribution in [1.29, 1.82) is 0 Å². The van der Waals surface area contributed by atoms with Gasteiger partial charge in [-0.1, -0.05) is 11.6 Å². The Balaban J connectivity index is 1.40. The molecule has 0 radical (unpaired) electrons. The molecule has 2 aromatic carbocycles. The van der Waals surface area contributed by atoms with E-state index in [9.17, 15) is 22.4 Å². The van der Waals surface area contributed by atoms with Crippen molar-refractivity contribution >= 4 is 39.9 Å². The van der Waals surface area contributed by atoms with Crippen LogP contribution in [0.5, 0.6) is 11.5 Å². The summed E-state index contributed by atoms with van der Waals surface area (Å²) in [5, 5.41) is 3.62. The largest absolute Gasteiger partial charge is 0.493 e. The minimum absolute atomic E-state index is 0.0172. The minimum Gasteiger partial charge on any atom is -0.493 e. The smallest absolute Gasteiger partial charge is 0.471 e. The zero-order valence-corrected chi connectivity index (χ0v) is 19.0. The van der Waals surface area contributed by atoms with Crippen LogP contribution in [-0.4, -0.2) is 53.3 Å². The molecule has 1 saturated heterocycles. The van der Waals surface area contributed by atoms with Crippen LogP contribution in [0.15, 0.2) is 36.7 Å². The summed E-state index contributed by atoms with van der Waals surface area (Å²) in [7, 11) is 1.47. The number of halogens is 5. The topological polar surface area (TPSA) is 76.6 Å². The molecular formula is C23H19ClF4N4O3. The molecule has 1 aromatic heterocycles. The van der Waals surface area contributed by atoms with Gasteiger partial charge in [-0.2, -0.15) is 13.2 Å². The second kappa shape index (κ2) is 8.71. The Hall–Kier alpha value is -3.34. The van der Waals surface area contributed by atoms with Gasteiger partial charge in [0.2, 0.25) is 0 Å². The Labute approximate surface area is 202 Å². The molecule has 2 heterocycles. The number of carbonyl (C=O) groups excluding carboxylic acids is 1. The van der Waals surface area contributed by atoms with E-state index in [1.54, 1.807) is 12.1 Å². The molecule has 7 nitrogen and oxygen atoms in total. The fraction of sp³-hybridized carbons (Fsp3) is 0.348. The number of piperidine rings is 2. The number of fused-ring (bicyclic) bond motifs is 3. The van der Waals surface area contributed by atoms with E-state index in [0.29, 0.717) is 40.3 Å². The van der Waals surface area contributed by atoms with Gasteiger partial charge in [0.15, 0.2) is 11.5 Å². The number of anilines is 2. The SMILES string of the molecule is COc1cc2ncnc(Nc3ccc(F)c(Cl)c3)c2cc1O[C@H]1[C@@H]2C[C@H]1CN(C(=O)C(F)(F)F)C2. The first-order chi connectivity index (χ1) is 16.6. The molecule has 1 aliphatic carbocycles. The molecule has 35 heavy (non-hydrogen) atoms. The molecule has 2 fully saturated rings. The molecular weight excluding hydrogens is 492 g/mol. The number of likely N-dealkylation sites (tertiary alicyclic amines) is 1. The van der Waals surface area contributed by atoms with Crippen molar-refractivity contribution in [2.45, 2.75) is 18.7 Å². The van der Waals surface area contributed by atoms with Crippen LogP contribution in [0.2, 0.25) is 5.02 Å². The molecule has 1 N–H and O–H groups in total. The number of amides is 1. The van der Waals surface area contributed by atoms with Crippen LogP contribution in [0.1, 0.15) is 6.42 Å². The van der Waals surface area contributed by atoms with Gasteiger partial charge in [-0.05, 0) is 30.7 Å². The van der Waals surface area contributed by atoms with Crippen LogP contribution in [0.4, 0.5) is 29.1 Å². The average molecular weight is 511 g/mol. The van der Waals surface area contributed by atoms with Crippen molar-refractivity contribution in [3.63, 3.8) is 0 Å². The summed E-state index contributed by atoms with van der Waals surface area (Å²) in [6.07, 6.45) is -3.20. The number of methoxy groups -OCH3 is 1. The third-order valence-electron chi connectivity index (χ3n) is 6.34. The Bertz CT molecular complexity index is 1290. The summed E-state index contributed by atoms with van der Waals surface area (Å²) < 4.78 is 63.6. The van der Waals surface area contributed by atoms with E-state index in [1.807, 2.05) is 0 Å². The van der Waals surface area contributed by atoms with Gasteiger partial charge in [0.25, 0.3) is 0 Å². The zero-order valence-electron chi connectivity index (χ0n) is 18.3. The molecule has 3 atom stereocenters. The van der Waals surface area contributed by atoms with Crippen molar-refractivity contribution in [3.05, 3.63) is 47.5 Å². The predicted molar refractivity (Wildman–Crippen MR) is 119 cm³/mol. The summed E-state index contributed by atoms with van der Waals surface area (Å²) in [5.41, 5.74) is 1.06. The Kier molecular flexibility index (Phi) is 5.82. The van der Waals surface area contributed by atoms with Crippen molar-refractivity contribution in [3.8, 4) is 11.5 Å². The third kappa shape index (κ3) is 4.40. The van der Waals surface area contributed by atoms with Crippen LogP contribution in [0.25, 0.3) is 10.9 Å². The van der Waals surface area contributed by atoms with Gasteiger partial charge in [-0.3, -0.25) is 4.79 Å². The predicted octanol–water partition coefficient (Wildman–Crippen LogP) is 4.96. The molecule has 3 aromatic rings. The Morgan fingerprint density at radius 1 is 1.14 bits per heavy atom. The number of benzene rings is 2. The lowest BCUT2D eigenvalue weighted by molar-refractivity contribution is -0.196. The normalized spacial score (nSPS) is 21.4. The molecule has 1 saturated carbocycles. The summed E-state index contributed by atoms with van der Waals surface area (Å²) in [4.78, 5) is 21.0. The van der Waals surface area contributed by atoms with E-state index < -0.39 is 17.9 Å². The fourth-order valence-corrected chi connectivity index (χ4v) is 4.83. The summed E-state index contributed by atoms with van der Waals surface area (Å²) in [6, 6.07) is 7.53. The number of hydrogen-bond donors (Lipinski definition) is 1. The number of carbonyl (C=O) groups is 1. The maximum Gasteiger partial charge on any atom is 0.471 e. The van der Waals surface area contributed by atoms with E-state index in [-0.39, 0.29) is 36.1 Å². The molecule has 2 bridgehead atoms. The highest BCUT2D eigenvalue weighted by molar-refractivity contribution is 6.31. The van der Waals surface area contributed by atoms with Gasteiger partial charge in [0.1, 0.15) is 24.1 Å². The van der Waals surface area contributed by atoms with Crippen molar-refractivity contribution in [2.75, 3.05) is 25.5 Å². The summed E-state index contributed by atoms with van der Waals surface area (Å²) >= 11 is 5.87. The number of rotatable bonds is 5. The van der Waals surface area contributed by atoms with Gasteiger partial charge in [0, 0.05) is 42.1 Å². The van der Waals surface area contributed by atoms with Crippen LogP contribution < -0.4 is 14.8 Å². The van der Waals surface area contributed by atoms with E-state index in [0.717, 1.165) is 4.90 Å². The molecule has 5 rings (SSSR count). The minimum atomic E-state index is -4.89. The molecule has 0 unspecified atom stereocenters. The van der Waals surface area contributed by atoms with E-state index >= 15 is 0 Å². The number of aromatic nitrogens is 2. The Morgan fingerprint density at radius 2 is 1.89 bits per heavy atom. The fourth-order valence-electron chi connectivity index (χ4n) is 4.65. The molecule has 1 amide bonds. The lowest BCUT2D eigenvalue weighted by atomic mass is 9.68. The summed E-state index contributed by atoms with van der Waals surface area (Å²) in [6.45, 7) is -0.0344. The number of nitrogens with one attached hydrogen (secondary N) is 1. The lowest BCUT2D eigenvalue weighted by Crippen LogP contribution is -2.63. The molecule has 184 valence electrons. The monoisotopic (exact) mass is 510 g/mol. The number of nitrogens with zero attached hydrogens (tertiary/aromatic N) is 3. The maximum atomic E-state index is 13.5. The van der Waals surface area contributed by atoms with Crippen LogP contribution >= 0.6 is 11.6 Å². The van der Waals surface area contributed by atoms with Gasteiger partial charge >= 0.3 is 12.1 Å². The lowest BCUT2D eigenvalue weighted by Gasteiger charge is -2.52. The van der Waals surface area contributed by atoms with Crippen molar-refractivity contribution in [2.24, 2.45) is 11.8 Å². The quantitative estimate of drug-likeness (QED) is 0.489. The van der Waals surface area contributed by atoms with E-state index in [2.05, 4.69) is 15.3 Å². The Morgan fingerprint density at radius 3 is 2.54 bits per heavy atom. The highest BCUT2D eigenvalue weighted by Crippen LogP contribution is 2.45. The van der Waals surface area contributed by atoms with Crippen LogP contribution in [-0.2, 0) is 4.79 Å². The average Bonchev–Trinajstić information content (AvgIpc) is 2.83. The molecule has 12 heteroatoms. The second-order valence-corrected chi connectivity index (χ2v) is 8.95. The number of hydrogen-bond acceptors (Lipinski definition) is 6. The van der Waals surface area contributed by atoms with E-state index in [1.165, 1.54) is 31.6 Å². The number of ether oxygens (including phenoxy) is 2. The maximum absolute atomic E-state index is 13.5. The first-order valence-electron chi connectivity index (χ1n) is 10.7. The first-order valence-corrected chi connectivity index (χ1v) is 11.1. The van der Waals surface area contributed by atoms with Crippen molar-refractivity contribution in [1.82, 2.24) is 14.9 Å². The standard InChI is InChI=1S/C23H19ClF4N4O3/c1-34-18-7-17-14(21(30-10-29-17)31-13-2-3-16(25)15(24)5-13)6-19(18)35-20-11-4-12(20)9-32(8-11)22(33)23(26,27)28/h2-3,5-7,10-12,20H,4,8-9H2,1H3,(H,29,30,31)/t11-,12+,20+. The number of alkyl halides is 3. The molecule has 1 aliphatic heterocycles. The molecule has 0 spiro atoms. The highest BCUT2D eigenvalue weighted by Gasteiger charge is 2.53. The van der Waals surface area contributed by atoms with Crippen LogP contribution in [0.3, 0.4) is 0 Å². The zero-order chi connectivity index (χ0) is 24.9.